The van der Waals surface area contributed by atoms with E-state index in [0.717, 1.165) is 4.68 Å². The molecule has 24 heavy (non-hydrogen) atoms. The Morgan fingerprint density at radius 1 is 1.21 bits per heavy atom. The third kappa shape index (κ3) is 3.70. The summed E-state index contributed by atoms with van der Waals surface area (Å²) in [5, 5.41) is 14.5. The molecule has 2 aromatic rings. The first-order valence-corrected chi connectivity index (χ1v) is 7.55. The largest absolute Gasteiger partial charge is 0.481 e. The number of H-pyrrole nitrogens is 1. The molecule has 0 aliphatic heterocycles. The molecule has 1 heterocycles. The normalized spacial score (nSPS) is 13.4. The van der Waals surface area contributed by atoms with Crippen LogP contribution in [-0.2, 0) is 16.1 Å². The second kappa shape index (κ2) is 7.12. The van der Waals surface area contributed by atoms with Crippen LogP contribution in [-0.4, -0.2) is 32.8 Å². The second-order valence-corrected chi connectivity index (χ2v) is 5.68. The summed E-state index contributed by atoms with van der Waals surface area (Å²) in [6.07, 6.45) is -0.0507. The fourth-order valence-electron chi connectivity index (χ4n) is 2.28. The van der Waals surface area contributed by atoms with Gasteiger partial charge in [0.05, 0.1) is 23.2 Å². The number of benzene rings is 1. The quantitative estimate of drug-likeness (QED) is 0.702. The maximum Gasteiger partial charge on any atom is 0.308 e. The average molecular weight is 333 g/mol. The third-order valence-electron chi connectivity index (χ3n) is 3.97. The zero-order valence-electron chi connectivity index (χ0n) is 13.4. The summed E-state index contributed by atoms with van der Waals surface area (Å²) in [6, 6.07) is 5.90. The van der Waals surface area contributed by atoms with Gasteiger partial charge in [-0.15, -0.1) is 0 Å². The Morgan fingerprint density at radius 3 is 2.46 bits per heavy atom. The van der Waals surface area contributed by atoms with Crippen molar-refractivity contribution in [3.05, 3.63) is 45.0 Å². The van der Waals surface area contributed by atoms with Gasteiger partial charge >= 0.3 is 5.97 Å². The Morgan fingerprint density at radius 2 is 1.83 bits per heavy atom. The van der Waals surface area contributed by atoms with Crippen LogP contribution in [0.3, 0.4) is 0 Å². The van der Waals surface area contributed by atoms with Crippen LogP contribution in [0.2, 0.25) is 0 Å². The average Bonchev–Trinajstić information content (AvgIpc) is 2.56. The number of rotatable bonds is 6. The summed E-state index contributed by atoms with van der Waals surface area (Å²) < 4.78 is 1.09. The highest BCUT2D eigenvalue weighted by atomic mass is 16.4. The zero-order valence-corrected chi connectivity index (χ0v) is 13.4. The molecule has 2 atom stereocenters. The minimum absolute atomic E-state index is 0.00108. The number of carboxylic acids is 1. The Balaban J connectivity index is 2.10. The maximum absolute atomic E-state index is 12.3. The van der Waals surface area contributed by atoms with Crippen molar-refractivity contribution in [3.63, 3.8) is 0 Å². The number of carboxylic acid groups (broad SMARTS) is 1. The maximum atomic E-state index is 12.3. The molecule has 0 aliphatic rings. The predicted molar refractivity (Wildman–Crippen MR) is 87.9 cm³/mol. The minimum Gasteiger partial charge on any atom is -0.481 e. The van der Waals surface area contributed by atoms with Crippen LogP contribution in [0, 0.1) is 5.92 Å². The summed E-state index contributed by atoms with van der Waals surface area (Å²) in [5.74, 6) is -2.12. The number of fused-ring (bicyclic) bond motifs is 1. The molecule has 0 aliphatic carbocycles. The van der Waals surface area contributed by atoms with E-state index in [0.29, 0.717) is 5.39 Å². The number of hydrogen-bond donors (Lipinski definition) is 3. The molecular formula is C16H19N3O5. The van der Waals surface area contributed by atoms with Crippen molar-refractivity contribution in [2.75, 3.05) is 0 Å². The molecule has 2 rings (SSSR count). The lowest BCUT2D eigenvalue weighted by Crippen LogP contribution is -2.41. The summed E-state index contributed by atoms with van der Waals surface area (Å²) in [7, 11) is 0. The molecule has 0 bridgehead atoms. The number of carbonyl (C=O) groups excluding carboxylic acids is 1. The van der Waals surface area contributed by atoms with Gasteiger partial charge in [0.25, 0.3) is 11.1 Å². The first kappa shape index (κ1) is 17.5. The molecule has 0 radical (unpaired) electrons. The van der Waals surface area contributed by atoms with Crippen molar-refractivity contribution >= 4 is 22.6 Å². The smallest absolute Gasteiger partial charge is 0.308 e. The van der Waals surface area contributed by atoms with Crippen LogP contribution in [0.1, 0.15) is 20.3 Å². The lowest BCUT2D eigenvalue weighted by atomic mass is 10.0. The summed E-state index contributed by atoms with van der Waals surface area (Å²) in [4.78, 5) is 47.0. The molecule has 0 saturated carbocycles. The summed E-state index contributed by atoms with van der Waals surface area (Å²) in [6.45, 7) is 3.10. The van der Waals surface area contributed by atoms with Crippen molar-refractivity contribution in [2.24, 2.45) is 5.92 Å². The van der Waals surface area contributed by atoms with E-state index in [2.05, 4.69) is 10.4 Å². The van der Waals surface area contributed by atoms with Crippen molar-refractivity contribution in [3.8, 4) is 0 Å². The first-order chi connectivity index (χ1) is 11.3. The van der Waals surface area contributed by atoms with Gasteiger partial charge in [0.2, 0.25) is 5.91 Å². The zero-order chi connectivity index (χ0) is 17.9. The monoisotopic (exact) mass is 333 g/mol. The van der Waals surface area contributed by atoms with E-state index < -0.39 is 29.4 Å². The molecule has 3 N–H and O–H groups in total. The fraction of sp³-hybridized carbons (Fsp3) is 0.375. The van der Waals surface area contributed by atoms with Gasteiger partial charge in [0.15, 0.2) is 0 Å². The first-order valence-electron chi connectivity index (χ1n) is 7.55. The SMILES string of the molecule is CC(NC(=O)CCn1[nH]c(=O)c2ccccc2c1=O)C(C)C(=O)O. The molecule has 1 aromatic heterocycles. The Bertz CT molecular complexity index is 883. The number of amides is 1. The van der Waals surface area contributed by atoms with Crippen LogP contribution in [0.4, 0.5) is 0 Å². The molecule has 1 aromatic carbocycles. The van der Waals surface area contributed by atoms with Gasteiger partial charge < -0.3 is 10.4 Å². The minimum atomic E-state index is -1.00. The fourth-order valence-corrected chi connectivity index (χ4v) is 2.28. The number of hydrogen-bond acceptors (Lipinski definition) is 4. The van der Waals surface area contributed by atoms with Gasteiger partial charge in [-0.25, -0.2) is 4.68 Å². The highest BCUT2D eigenvalue weighted by Crippen LogP contribution is 2.04. The van der Waals surface area contributed by atoms with E-state index in [1.807, 2.05) is 0 Å². The van der Waals surface area contributed by atoms with Gasteiger partial charge in [-0.2, -0.15) is 0 Å². The molecule has 2 unspecified atom stereocenters. The van der Waals surface area contributed by atoms with Gasteiger partial charge in [0, 0.05) is 12.5 Å². The van der Waals surface area contributed by atoms with Crippen molar-refractivity contribution in [1.29, 1.82) is 0 Å². The second-order valence-electron chi connectivity index (χ2n) is 5.68. The van der Waals surface area contributed by atoms with Gasteiger partial charge in [0.1, 0.15) is 0 Å². The number of nitrogens with zero attached hydrogens (tertiary/aromatic N) is 1. The van der Waals surface area contributed by atoms with Gasteiger partial charge in [-0.3, -0.25) is 24.3 Å². The third-order valence-corrected chi connectivity index (χ3v) is 3.97. The van der Waals surface area contributed by atoms with E-state index in [4.69, 9.17) is 5.11 Å². The van der Waals surface area contributed by atoms with E-state index >= 15 is 0 Å². The molecule has 0 fully saturated rings. The Hall–Kier alpha value is -2.90. The highest BCUT2D eigenvalue weighted by molar-refractivity contribution is 5.80. The molecule has 8 nitrogen and oxygen atoms in total. The van der Waals surface area contributed by atoms with E-state index in [-0.39, 0.29) is 23.9 Å². The number of aromatic nitrogens is 2. The summed E-state index contributed by atoms with van der Waals surface area (Å²) in [5.41, 5.74) is -0.788. The van der Waals surface area contributed by atoms with Crippen molar-refractivity contribution in [2.45, 2.75) is 32.9 Å². The lowest BCUT2D eigenvalue weighted by Gasteiger charge is -2.17. The number of aliphatic carboxylic acids is 1. The van der Waals surface area contributed by atoms with Crippen molar-refractivity contribution in [1.82, 2.24) is 15.1 Å². The standard InChI is InChI=1S/C16H19N3O5/c1-9(16(23)24)10(2)17-13(20)7-8-19-15(22)12-6-4-3-5-11(12)14(21)18-19/h3-6,9-10H,7-8H2,1-2H3,(H,17,20)(H,18,21)(H,23,24). The van der Waals surface area contributed by atoms with Gasteiger partial charge in [-0.1, -0.05) is 12.1 Å². The van der Waals surface area contributed by atoms with E-state index in [1.54, 1.807) is 31.2 Å². The molecule has 8 heteroatoms. The van der Waals surface area contributed by atoms with E-state index in [1.165, 1.54) is 6.92 Å². The number of aryl methyl sites for hydroxylation is 1. The molecule has 128 valence electrons. The summed E-state index contributed by atoms with van der Waals surface area (Å²) >= 11 is 0. The van der Waals surface area contributed by atoms with Crippen LogP contribution in [0.25, 0.3) is 10.8 Å². The van der Waals surface area contributed by atoms with Gasteiger partial charge in [-0.05, 0) is 26.0 Å². The Labute approximate surface area is 137 Å². The van der Waals surface area contributed by atoms with Crippen LogP contribution in [0.5, 0.6) is 0 Å². The Kier molecular flexibility index (Phi) is 5.18. The molecule has 1 amide bonds. The molecule has 0 spiro atoms. The molecule has 0 saturated heterocycles. The molecular weight excluding hydrogens is 314 g/mol. The van der Waals surface area contributed by atoms with Crippen LogP contribution >= 0.6 is 0 Å². The van der Waals surface area contributed by atoms with Crippen LogP contribution in [0.15, 0.2) is 33.9 Å². The topological polar surface area (TPSA) is 121 Å². The number of aromatic amines is 1. The number of nitrogens with one attached hydrogen (secondary N) is 2. The highest BCUT2D eigenvalue weighted by Gasteiger charge is 2.20. The number of carbonyl (C=O) groups is 2. The predicted octanol–water partition coefficient (Wildman–Crippen LogP) is 0.305. The van der Waals surface area contributed by atoms with E-state index in [9.17, 15) is 19.2 Å². The van der Waals surface area contributed by atoms with Crippen molar-refractivity contribution < 1.29 is 14.7 Å². The van der Waals surface area contributed by atoms with Crippen LogP contribution < -0.4 is 16.4 Å². The lowest BCUT2D eigenvalue weighted by molar-refractivity contribution is -0.142.